The van der Waals surface area contributed by atoms with Gasteiger partial charge in [-0.2, -0.15) is 5.26 Å². The number of hydrogen-bond acceptors (Lipinski definition) is 6. The van der Waals surface area contributed by atoms with Crippen molar-refractivity contribution in [2.24, 2.45) is 0 Å². The first-order valence-corrected chi connectivity index (χ1v) is 15.6. The average molecular weight is 630 g/mol. The molecule has 0 radical (unpaired) electrons. The van der Waals surface area contributed by atoms with Crippen molar-refractivity contribution in [3.63, 3.8) is 0 Å². The van der Waals surface area contributed by atoms with Crippen LogP contribution in [0.3, 0.4) is 0 Å². The summed E-state index contributed by atoms with van der Waals surface area (Å²) in [5.41, 5.74) is 2.61. The smallest absolute Gasteiger partial charge is 0.324 e. The lowest BCUT2D eigenvalue weighted by Crippen LogP contribution is -2.61. The summed E-state index contributed by atoms with van der Waals surface area (Å²) >= 11 is 0. The number of carbonyl (C=O) groups excluding carboxylic acids is 4. The van der Waals surface area contributed by atoms with Crippen LogP contribution in [-0.2, 0) is 26.3 Å². The van der Waals surface area contributed by atoms with Crippen LogP contribution >= 0.6 is 0 Å². The molecule has 2 fully saturated rings. The van der Waals surface area contributed by atoms with Gasteiger partial charge in [0.15, 0.2) is 0 Å². The van der Waals surface area contributed by atoms with Crippen molar-refractivity contribution in [2.75, 3.05) is 13.6 Å². The Hall–Kier alpha value is -5.76. The molecule has 0 bridgehead atoms. The van der Waals surface area contributed by atoms with E-state index in [-0.39, 0.29) is 12.8 Å². The van der Waals surface area contributed by atoms with Crippen LogP contribution in [-0.4, -0.2) is 74.8 Å². The maximum atomic E-state index is 14.2. The number of imide groups is 1. The minimum absolute atomic E-state index is 0.0298. The van der Waals surface area contributed by atoms with Gasteiger partial charge in [0.05, 0.1) is 18.8 Å². The van der Waals surface area contributed by atoms with E-state index in [0.29, 0.717) is 25.1 Å². The van der Waals surface area contributed by atoms with Gasteiger partial charge in [0.25, 0.3) is 0 Å². The first-order chi connectivity index (χ1) is 22.8. The van der Waals surface area contributed by atoms with Gasteiger partial charge in [0, 0.05) is 31.9 Å². The van der Waals surface area contributed by atoms with Crippen LogP contribution in [0, 0.1) is 11.3 Å². The first-order valence-electron chi connectivity index (χ1n) is 15.6. The molecule has 47 heavy (non-hydrogen) atoms. The molecule has 238 valence electrons. The zero-order valence-corrected chi connectivity index (χ0v) is 26.0. The highest BCUT2D eigenvalue weighted by Crippen LogP contribution is 2.41. The van der Waals surface area contributed by atoms with E-state index < -0.39 is 47.4 Å². The Kier molecular flexibility index (Phi) is 8.84. The fourth-order valence-corrected chi connectivity index (χ4v) is 6.66. The second kappa shape index (κ2) is 13.3. The highest BCUT2D eigenvalue weighted by Gasteiger charge is 2.42. The Morgan fingerprint density at radius 1 is 0.979 bits per heavy atom. The molecular formula is C36H35N7O4. The predicted molar refractivity (Wildman–Crippen MR) is 173 cm³/mol. The Labute approximate surface area is 272 Å². The predicted octanol–water partition coefficient (Wildman–Crippen LogP) is 3.21. The van der Waals surface area contributed by atoms with Gasteiger partial charge in [-0.05, 0) is 29.5 Å². The molecule has 2 saturated heterocycles. The molecule has 3 atom stereocenters. The van der Waals surface area contributed by atoms with E-state index in [1.54, 1.807) is 12.5 Å². The highest BCUT2D eigenvalue weighted by molar-refractivity contribution is 6.03. The lowest BCUT2D eigenvalue weighted by atomic mass is 9.76. The van der Waals surface area contributed by atoms with Gasteiger partial charge < -0.3 is 20.1 Å². The van der Waals surface area contributed by atoms with E-state index in [9.17, 15) is 24.4 Å². The number of rotatable bonds is 9. The summed E-state index contributed by atoms with van der Waals surface area (Å²) in [4.78, 5) is 59.5. The molecule has 11 nitrogen and oxygen atoms in total. The van der Waals surface area contributed by atoms with E-state index in [0.717, 1.165) is 21.6 Å². The van der Waals surface area contributed by atoms with E-state index in [1.807, 2.05) is 59.2 Å². The molecule has 11 heteroatoms. The van der Waals surface area contributed by atoms with Crippen molar-refractivity contribution in [3.8, 4) is 6.07 Å². The van der Waals surface area contributed by atoms with Crippen LogP contribution in [0.15, 0.2) is 104 Å². The van der Waals surface area contributed by atoms with Gasteiger partial charge in [0.1, 0.15) is 23.7 Å². The molecule has 3 heterocycles. The number of benzene rings is 3. The molecule has 6 rings (SSSR count). The van der Waals surface area contributed by atoms with Crippen molar-refractivity contribution >= 4 is 23.8 Å². The molecule has 4 aromatic rings. The number of aromatic nitrogens is 2. The van der Waals surface area contributed by atoms with Crippen LogP contribution in [0.4, 0.5) is 4.79 Å². The van der Waals surface area contributed by atoms with Crippen LogP contribution in [0.25, 0.3) is 0 Å². The number of amides is 5. The topological polar surface area (TPSA) is 140 Å². The van der Waals surface area contributed by atoms with Gasteiger partial charge in [-0.1, -0.05) is 91.0 Å². The van der Waals surface area contributed by atoms with Crippen molar-refractivity contribution < 1.29 is 19.2 Å². The minimum atomic E-state index is -1.14. The third-order valence-electron chi connectivity index (χ3n) is 9.04. The highest BCUT2D eigenvalue weighted by atomic mass is 16.2. The van der Waals surface area contributed by atoms with Gasteiger partial charge in [0.2, 0.25) is 17.7 Å². The van der Waals surface area contributed by atoms with Crippen molar-refractivity contribution in [1.29, 1.82) is 5.26 Å². The third-order valence-corrected chi connectivity index (χ3v) is 9.04. The van der Waals surface area contributed by atoms with E-state index >= 15 is 0 Å². The number of nitriles is 1. The number of urea groups is 1. The summed E-state index contributed by atoms with van der Waals surface area (Å²) in [6, 6.07) is 28.7. The van der Waals surface area contributed by atoms with E-state index in [1.165, 1.54) is 11.9 Å². The van der Waals surface area contributed by atoms with Gasteiger partial charge in [-0.15, -0.1) is 0 Å². The molecule has 2 aliphatic rings. The Balaban J connectivity index is 1.45. The fraction of sp³-hybridized carbons (Fsp3) is 0.278. The number of hydrogen-bond donors (Lipinski definition) is 2. The normalized spacial score (nSPS) is 18.7. The number of nitrogens with one attached hydrogen (secondary N) is 2. The monoisotopic (exact) mass is 629 g/mol. The zero-order valence-electron chi connectivity index (χ0n) is 26.0. The molecule has 1 aromatic heterocycles. The number of likely N-dealkylation sites (tertiary alicyclic amines) is 1. The molecule has 0 aliphatic carbocycles. The summed E-state index contributed by atoms with van der Waals surface area (Å²) in [6.07, 6.45) is 4.41. The summed E-state index contributed by atoms with van der Waals surface area (Å²) < 4.78 is 2.03. The van der Waals surface area contributed by atoms with Crippen molar-refractivity contribution in [2.45, 2.75) is 49.3 Å². The lowest BCUT2D eigenvalue weighted by Gasteiger charge is -2.39. The van der Waals surface area contributed by atoms with Crippen LogP contribution < -0.4 is 10.6 Å². The Morgan fingerprint density at radius 3 is 2.09 bits per heavy atom. The summed E-state index contributed by atoms with van der Waals surface area (Å²) in [5.74, 6) is -1.57. The van der Waals surface area contributed by atoms with Gasteiger partial charge >= 0.3 is 6.03 Å². The summed E-state index contributed by atoms with van der Waals surface area (Å²) in [7, 11) is 1.34. The lowest BCUT2D eigenvalue weighted by molar-refractivity contribution is -0.138. The number of nitrogens with zero attached hydrogens (tertiary/aromatic N) is 5. The number of carbonyl (C=O) groups is 4. The summed E-state index contributed by atoms with van der Waals surface area (Å²) in [5, 5.41) is 15.2. The molecule has 5 amide bonds. The minimum Gasteiger partial charge on any atom is -0.342 e. The van der Waals surface area contributed by atoms with E-state index in [2.05, 4.69) is 58.1 Å². The average Bonchev–Trinajstić information content (AvgIpc) is 3.78. The largest absolute Gasteiger partial charge is 0.342 e. The van der Waals surface area contributed by atoms with Crippen molar-refractivity contribution in [1.82, 2.24) is 30.0 Å². The van der Waals surface area contributed by atoms with Crippen LogP contribution in [0.2, 0.25) is 0 Å². The second-order valence-corrected chi connectivity index (χ2v) is 11.8. The Bertz CT molecular complexity index is 1690. The molecule has 2 aliphatic heterocycles. The molecule has 1 unspecified atom stereocenters. The maximum Gasteiger partial charge on any atom is 0.324 e. The van der Waals surface area contributed by atoms with Gasteiger partial charge in [-0.3, -0.25) is 19.3 Å². The zero-order chi connectivity index (χ0) is 33.0. The molecule has 3 aromatic carbocycles. The van der Waals surface area contributed by atoms with Gasteiger partial charge in [-0.25, -0.2) is 9.78 Å². The molecular weight excluding hydrogens is 594 g/mol. The first kappa shape index (κ1) is 31.2. The molecule has 0 saturated carbocycles. The molecule has 0 spiro atoms. The fourth-order valence-electron chi connectivity index (χ4n) is 6.66. The van der Waals surface area contributed by atoms with E-state index in [4.69, 9.17) is 0 Å². The Morgan fingerprint density at radius 2 is 1.55 bits per heavy atom. The number of imidazole rings is 1. The standard InChI is InChI=1S/C36H35N7O4/c1-41-32(44)21-30(40-35(41)47)33(45)39-31(34(46)42-19-11-18-28(42)22-37)20-29-23-38-24-43(29)36(25-12-5-2-6-13-25,26-14-7-3-8-15-26)27-16-9-4-10-17-27/h2-10,12-17,23-24,28,30-31H,11,18-21H2,1H3,(H,39,45)(H,40,47)/t28-,30-,31?/m0/s1. The van der Waals surface area contributed by atoms with Crippen molar-refractivity contribution in [3.05, 3.63) is 126 Å². The van der Waals surface area contributed by atoms with Crippen LogP contribution in [0.1, 0.15) is 41.6 Å². The third kappa shape index (κ3) is 5.86. The summed E-state index contributed by atoms with van der Waals surface area (Å²) in [6.45, 7) is 0.383. The van der Waals surface area contributed by atoms with Crippen LogP contribution in [0.5, 0.6) is 0 Å². The maximum absolute atomic E-state index is 14.2. The molecule has 2 N–H and O–H groups in total. The second-order valence-electron chi connectivity index (χ2n) is 11.8. The quantitative estimate of drug-likeness (QED) is 0.273. The SMILES string of the molecule is CN1C(=O)C[C@@H](C(=O)NC(Cc2cncn2C(c2ccccc2)(c2ccccc2)c2ccccc2)C(=O)N2CCC[C@H]2C#N)NC1=O.